The fourth-order valence-corrected chi connectivity index (χ4v) is 3.92. The van der Waals surface area contributed by atoms with Gasteiger partial charge in [0, 0.05) is 48.0 Å². The van der Waals surface area contributed by atoms with E-state index in [0.717, 1.165) is 41.0 Å². The molecule has 0 radical (unpaired) electrons. The molecule has 3 heterocycles. The van der Waals surface area contributed by atoms with Crippen LogP contribution in [0.5, 0.6) is 0 Å². The molecule has 1 fully saturated rings. The number of hydrogen-bond donors (Lipinski definition) is 2. The number of nitrogens with one attached hydrogen (secondary N) is 2. The van der Waals surface area contributed by atoms with Gasteiger partial charge in [-0.05, 0) is 67.8 Å². The lowest BCUT2D eigenvalue weighted by Crippen LogP contribution is -2.14. The Kier molecular flexibility index (Phi) is 5.67. The maximum absolute atomic E-state index is 13.0. The van der Waals surface area contributed by atoms with E-state index in [1.165, 1.54) is 0 Å². The minimum absolute atomic E-state index is 0.253. The van der Waals surface area contributed by atoms with E-state index in [2.05, 4.69) is 31.7 Å². The standard InChI is InChI=1S/C27H23N7O/c1-17-3-4-20(33-26(35)19-6-10-30-23(13-19)27(16-28)8-9-27)15-21(17)22-7-12-32-25(34-22)18-5-11-31-24(14-18)29-2/h3-7,10-15H,8-9H2,1-2H3,(H,29,31)(H,33,35). The normalized spacial score (nSPS) is 13.5. The first-order valence-corrected chi connectivity index (χ1v) is 11.3. The van der Waals surface area contributed by atoms with Crippen LogP contribution in [0.3, 0.4) is 0 Å². The van der Waals surface area contributed by atoms with Crippen molar-refractivity contribution in [3.8, 4) is 28.7 Å². The summed E-state index contributed by atoms with van der Waals surface area (Å²) in [5.41, 5.74) is 4.76. The van der Waals surface area contributed by atoms with Crippen LogP contribution in [0.4, 0.5) is 11.5 Å². The Balaban J connectivity index is 1.42. The largest absolute Gasteiger partial charge is 0.373 e. The van der Waals surface area contributed by atoms with Crippen molar-refractivity contribution in [3.63, 3.8) is 0 Å². The Morgan fingerprint density at radius 2 is 1.80 bits per heavy atom. The third-order valence-corrected chi connectivity index (χ3v) is 6.18. The summed E-state index contributed by atoms with van der Waals surface area (Å²) in [6.07, 6.45) is 6.58. The third-order valence-electron chi connectivity index (χ3n) is 6.18. The van der Waals surface area contributed by atoms with Gasteiger partial charge < -0.3 is 10.6 Å². The molecular weight excluding hydrogens is 438 g/mol. The van der Waals surface area contributed by atoms with Crippen LogP contribution in [0, 0.1) is 18.3 Å². The topological polar surface area (TPSA) is 116 Å². The molecule has 0 bridgehead atoms. The summed E-state index contributed by atoms with van der Waals surface area (Å²) < 4.78 is 0. The van der Waals surface area contributed by atoms with Gasteiger partial charge in [-0.1, -0.05) is 6.07 Å². The molecular formula is C27H23N7O. The molecule has 1 aromatic carbocycles. The predicted molar refractivity (Wildman–Crippen MR) is 134 cm³/mol. The summed E-state index contributed by atoms with van der Waals surface area (Å²) in [5.74, 6) is 1.07. The Morgan fingerprint density at radius 1 is 1.00 bits per heavy atom. The zero-order valence-corrected chi connectivity index (χ0v) is 19.4. The Labute approximate surface area is 203 Å². The zero-order chi connectivity index (χ0) is 24.4. The average molecular weight is 462 g/mol. The number of aryl methyl sites for hydroxylation is 1. The highest BCUT2D eigenvalue weighted by Gasteiger charge is 2.46. The summed E-state index contributed by atoms with van der Waals surface area (Å²) >= 11 is 0. The monoisotopic (exact) mass is 461 g/mol. The van der Waals surface area contributed by atoms with E-state index < -0.39 is 5.41 Å². The summed E-state index contributed by atoms with van der Waals surface area (Å²) in [5, 5.41) is 15.4. The van der Waals surface area contributed by atoms with E-state index in [0.29, 0.717) is 22.8 Å². The lowest BCUT2D eigenvalue weighted by molar-refractivity contribution is 0.102. The Bertz CT molecular complexity index is 1470. The van der Waals surface area contributed by atoms with Crippen LogP contribution in [0.15, 0.2) is 67.1 Å². The molecule has 0 saturated heterocycles. The molecule has 8 heteroatoms. The number of carbonyl (C=O) groups is 1. The first-order chi connectivity index (χ1) is 17.0. The molecule has 0 aliphatic heterocycles. The van der Waals surface area contributed by atoms with Gasteiger partial charge in [-0.15, -0.1) is 0 Å². The summed E-state index contributed by atoms with van der Waals surface area (Å²) in [6, 6.07) is 17.0. The van der Waals surface area contributed by atoms with E-state index >= 15 is 0 Å². The first-order valence-electron chi connectivity index (χ1n) is 11.3. The third kappa shape index (κ3) is 4.44. The minimum atomic E-state index is -0.541. The minimum Gasteiger partial charge on any atom is -0.373 e. The molecule has 1 aliphatic rings. The number of pyridine rings is 2. The quantitative estimate of drug-likeness (QED) is 0.425. The SMILES string of the molecule is CNc1cc(-c2nccc(-c3cc(NC(=O)c4ccnc(C5(C#N)CC5)c4)ccc3C)n2)ccn1. The van der Waals surface area contributed by atoms with Gasteiger partial charge in [0.05, 0.1) is 22.9 Å². The number of nitrogens with zero attached hydrogens (tertiary/aromatic N) is 5. The van der Waals surface area contributed by atoms with Crippen LogP contribution in [-0.4, -0.2) is 32.9 Å². The van der Waals surface area contributed by atoms with Crippen molar-refractivity contribution in [3.05, 3.63) is 83.9 Å². The molecule has 3 aromatic heterocycles. The molecule has 0 unspecified atom stereocenters. The first kappa shape index (κ1) is 22.2. The van der Waals surface area contributed by atoms with Crippen LogP contribution in [-0.2, 0) is 5.41 Å². The highest BCUT2D eigenvalue weighted by atomic mass is 16.1. The van der Waals surface area contributed by atoms with E-state index in [9.17, 15) is 10.1 Å². The average Bonchev–Trinajstić information content (AvgIpc) is 3.71. The van der Waals surface area contributed by atoms with Gasteiger partial charge in [-0.25, -0.2) is 15.0 Å². The van der Waals surface area contributed by atoms with Crippen molar-refractivity contribution in [2.75, 3.05) is 17.7 Å². The molecule has 8 nitrogen and oxygen atoms in total. The molecule has 172 valence electrons. The van der Waals surface area contributed by atoms with Crippen LogP contribution >= 0.6 is 0 Å². The van der Waals surface area contributed by atoms with Crippen LogP contribution < -0.4 is 10.6 Å². The van der Waals surface area contributed by atoms with Crippen molar-refractivity contribution in [2.24, 2.45) is 0 Å². The van der Waals surface area contributed by atoms with E-state index in [-0.39, 0.29) is 5.91 Å². The highest BCUT2D eigenvalue weighted by Crippen LogP contribution is 2.46. The maximum atomic E-state index is 13.0. The summed E-state index contributed by atoms with van der Waals surface area (Å²) in [7, 11) is 1.81. The van der Waals surface area contributed by atoms with Crippen molar-refractivity contribution in [1.29, 1.82) is 5.26 Å². The van der Waals surface area contributed by atoms with Crippen LogP contribution in [0.1, 0.15) is 34.5 Å². The molecule has 1 saturated carbocycles. The smallest absolute Gasteiger partial charge is 0.255 e. The maximum Gasteiger partial charge on any atom is 0.255 e. The number of hydrogen-bond acceptors (Lipinski definition) is 7. The van der Waals surface area contributed by atoms with Gasteiger partial charge in [0.1, 0.15) is 5.82 Å². The second kappa shape index (κ2) is 8.95. The van der Waals surface area contributed by atoms with Gasteiger partial charge >= 0.3 is 0 Å². The molecule has 1 amide bonds. The van der Waals surface area contributed by atoms with E-state index in [1.807, 2.05) is 50.4 Å². The number of nitriles is 1. The Hall–Kier alpha value is -4.64. The fourth-order valence-electron chi connectivity index (χ4n) is 3.92. The number of anilines is 2. The van der Waals surface area contributed by atoms with Gasteiger partial charge in [0.2, 0.25) is 0 Å². The van der Waals surface area contributed by atoms with Crippen molar-refractivity contribution >= 4 is 17.4 Å². The van der Waals surface area contributed by atoms with Gasteiger partial charge in [-0.3, -0.25) is 9.78 Å². The molecule has 5 rings (SSSR count). The fraction of sp³-hybridized carbons (Fsp3) is 0.185. The number of aromatic nitrogens is 4. The van der Waals surface area contributed by atoms with E-state index in [1.54, 1.807) is 30.7 Å². The molecule has 4 aromatic rings. The predicted octanol–water partition coefficient (Wildman–Crippen LogP) is 4.76. The second-order valence-electron chi connectivity index (χ2n) is 8.55. The van der Waals surface area contributed by atoms with E-state index in [4.69, 9.17) is 4.98 Å². The van der Waals surface area contributed by atoms with Gasteiger partial charge in [0.15, 0.2) is 5.82 Å². The molecule has 0 spiro atoms. The van der Waals surface area contributed by atoms with Gasteiger partial charge in [0.25, 0.3) is 5.91 Å². The second-order valence-corrected chi connectivity index (χ2v) is 8.55. The van der Waals surface area contributed by atoms with Crippen molar-refractivity contribution in [2.45, 2.75) is 25.2 Å². The van der Waals surface area contributed by atoms with Gasteiger partial charge in [-0.2, -0.15) is 5.26 Å². The highest BCUT2D eigenvalue weighted by molar-refractivity contribution is 6.04. The Morgan fingerprint density at radius 3 is 2.57 bits per heavy atom. The summed E-state index contributed by atoms with van der Waals surface area (Å²) in [4.78, 5) is 30.7. The van der Waals surface area contributed by atoms with Crippen molar-refractivity contribution in [1.82, 2.24) is 19.9 Å². The lowest BCUT2D eigenvalue weighted by atomic mass is 10.0. The molecule has 1 aliphatic carbocycles. The number of amides is 1. The number of benzene rings is 1. The zero-order valence-electron chi connectivity index (χ0n) is 19.4. The number of rotatable bonds is 6. The van der Waals surface area contributed by atoms with Crippen LogP contribution in [0.2, 0.25) is 0 Å². The number of carbonyl (C=O) groups excluding carboxylic acids is 1. The van der Waals surface area contributed by atoms with Crippen molar-refractivity contribution < 1.29 is 4.79 Å². The summed E-state index contributed by atoms with van der Waals surface area (Å²) in [6.45, 7) is 2.00. The molecule has 35 heavy (non-hydrogen) atoms. The lowest BCUT2D eigenvalue weighted by Gasteiger charge is -2.12. The molecule has 2 N–H and O–H groups in total. The van der Waals surface area contributed by atoms with Crippen LogP contribution in [0.25, 0.3) is 22.6 Å². The molecule has 0 atom stereocenters.